The van der Waals surface area contributed by atoms with Gasteiger partial charge in [-0.05, 0) is 12.5 Å². The summed E-state index contributed by atoms with van der Waals surface area (Å²) in [6.45, 7) is 6.57. The van der Waals surface area contributed by atoms with E-state index in [2.05, 4.69) is 13.5 Å². The first-order valence-corrected chi connectivity index (χ1v) is 8.04. The molecule has 0 atom stereocenters. The van der Waals surface area contributed by atoms with Crippen LogP contribution in [0.2, 0.25) is 0 Å². The van der Waals surface area contributed by atoms with Gasteiger partial charge in [0.15, 0.2) is 5.78 Å². The first-order valence-electron chi connectivity index (χ1n) is 8.04. The van der Waals surface area contributed by atoms with Crippen LogP contribution in [0.3, 0.4) is 0 Å². The van der Waals surface area contributed by atoms with Crippen molar-refractivity contribution >= 4 is 5.78 Å². The van der Waals surface area contributed by atoms with Gasteiger partial charge in [-0.1, -0.05) is 77.7 Å². The smallest absolute Gasteiger partial charge is 0.180 e. The third-order valence-corrected chi connectivity index (χ3v) is 3.36. The maximum Gasteiger partial charge on any atom is 0.180 e. The first-order chi connectivity index (χ1) is 9.31. The van der Waals surface area contributed by atoms with Gasteiger partial charge in [0, 0.05) is 6.61 Å². The van der Waals surface area contributed by atoms with Crippen LogP contribution in [-0.2, 0) is 9.53 Å². The second-order valence-electron chi connectivity index (χ2n) is 5.26. The van der Waals surface area contributed by atoms with Crippen molar-refractivity contribution in [2.24, 2.45) is 0 Å². The molecule has 0 aromatic carbocycles. The van der Waals surface area contributed by atoms with E-state index in [9.17, 15) is 4.79 Å². The molecule has 0 aliphatic carbocycles. The Morgan fingerprint density at radius 3 is 1.84 bits per heavy atom. The van der Waals surface area contributed by atoms with Crippen molar-refractivity contribution in [3.63, 3.8) is 0 Å². The maximum atomic E-state index is 10.9. The summed E-state index contributed by atoms with van der Waals surface area (Å²) in [6, 6.07) is 0. The zero-order valence-electron chi connectivity index (χ0n) is 12.8. The van der Waals surface area contributed by atoms with E-state index in [0.717, 1.165) is 6.42 Å². The van der Waals surface area contributed by atoms with E-state index in [0.29, 0.717) is 6.61 Å². The van der Waals surface area contributed by atoms with Gasteiger partial charge >= 0.3 is 0 Å². The second-order valence-corrected chi connectivity index (χ2v) is 5.26. The van der Waals surface area contributed by atoms with Gasteiger partial charge < -0.3 is 4.74 Å². The van der Waals surface area contributed by atoms with Crippen LogP contribution in [0.5, 0.6) is 0 Å². The minimum Gasteiger partial charge on any atom is -0.373 e. The highest BCUT2D eigenvalue weighted by Gasteiger charge is 1.96. The van der Waals surface area contributed by atoms with Gasteiger partial charge in [-0.25, -0.2) is 0 Å². The monoisotopic (exact) mass is 268 g/mol. The van der Waals surface area contributed by atoms with Gasteiger partial charge in [-0.15, -0.1) is 0 Å². The average Bonchev–Trinajstić information content (AvgIpc) is 2.43. The second kappa shape index (κ2) is 15.4. The molecule has 0 bridgehead atoms. The van der Waals surface area contributed by atoms with Gasteiger partial charge in [0.25, 0.3) is 0 Å². The van der Waals surface area contributed by atoms with Crippen LogP contribution in [0.15, 0.2) is 12.7 Å². The fraction of sp³-hybridized carbons (Fsp3) is 0.824. The lowest BCUT2D eigenvalue weighted by Crippen LogP contribution is -2.05. The van der Waals surface area contributed by atoms with E-state index >= 15 is 0 Å². The minimum absolute atomic E-state index is 0.0249. The van der Waals surface area contributed by atoms with Crippen molar-refractivity contribution in [1.82, 2.24) is 0 Å². The number of hydrogen-bond donors (Lipinski definition) is 0. The summed E-state index contributed by atoms with van der Waals surface area (Å²) in [5.41, 5.74) is 0. The highest BCUT2D eigenvalue weighted by Crippen LogP contribution is 2.11. The Bertz CT molecular complexity index is 211. The van der Waals surface area contributed by atoms with Crippen LogP contribution in [0.1, 0.15) is 77.6 Å². The lowest BCUT2D eigenvalue weighted by molar-refractivity contribution is -0.118. The van der Waals surface area contributed by atoms with E-state index in [1.807, 2.05) is 0 Å². The van der Waals surface area contributed by atoms with Gasteiger partial charge in [0.1, 0.15) is 6.61 Å². The van der Waals surface area contributed by atoms with Crippen molar-refractivity contribution in [3.8, 4) is 0 Å². The van der Waals surface area contributed by atoms with Crippen molar-refractivity contribution in [2.45, 2.75) is 77.6 Å². The van der Waals surface area contributed by atoms with Crippen molar-refractivity contribution in [3.05, 3.63) is 12.7 Å². The van der Waals surface area contributed by atoms with Gasteiger partial charge in [0.05, 0.1) is 0 Å². The Balaban J connectivity index is 2.99. The average molecular weight is 268 g/mol. The molecule has 0 N–H and O–H groups in total. The lowest BCUT2D eigenvalue weighted by atomic mass is 10.1. The molecule has 2 nitrogen and oxygen atoms in total. The van der Waals surface area contributed by atoms with E-state index in [4.69, 9.17) is 4.74 Å². The molecule has 0 radical (unpaired) electrons. The van der Waals surface area contributed by atoms with E-state index < -0.39 is 0 Å². The number of rotatable bonds is 15. The third-order valence-electron chi connectivity index (χ3n) is 3.36. The highest BCUT2D eigenvalue weighted by molar-refractivity contribution is 5.90. The zero-order valence-corrected chi connectivity index (χ0v) is 12.8. The minimum atomic E-state index is -0.0249. The van der Waals surface area contributed by atoms with Crippen LogP contribution >= 0.6 is 0 Å². The molecule has 112 valence electrons. The summed E-state index contributed by atoms with van der Waals surface area (Å²) < 4.78 is 5.25. The first kappa shape index (κ1) is 18.4. The molecule has 19 heavy (non-hydrogen) atoms. The Kier molecular flexibility index (Phi) is 14.9. The normalized spacial score (nSPS) is 10.6. The summed E-state index contributed by atoms with van der Waals surface area (Å²) >= 11 is 0. The van der Waals surface area contributed by atoms with Crippen LogP contribution in [0.4, 0.5) is 0 Å². The molecule has 0 rings (SSSR count). The fourth-order valence-electron chi connectivity index (χ4n) is 2.10. The number of ether oxygens (including phenoxy) is 1. The molecule has 0 aliphatic rings. The Morgan fingerprint density at radius 2 is 1.37 bits per heavy atom. The van der Waals surface area contributed by atoms with Crippen molar-refractivity contribution in [2.75, 3.05) is 13.2 Å². The van der Waals surface area contributed by atoms with E-state index in [-0.39, 0.29) is 12.4 Å². The number of hydrogen-bond acceptors (Lipinski definition) is 2. The zero-order chi connectivity index (χ0) is 14.2. The Labute approximate surface area is 119 Å². The van der Waals surface area contributed by atoms with Gasteiger partial charge in [0.2, 0.25) is 0 Å². The van der Waals surface area contributed by atoms with E-state index in [1.165, 1.54) is 70.3 Å². The molecule has 2 heteroatoms. The molecule has 0 amide bonds. The summed E-state index contributed by atoms with van der Waals surface area (Å²) in [6.07, 6.45) is 16.0. The lowest BCUT2D eigenvalue weighted by Gasteiger charge is -2.03. The summed E-state index contributed by atoms with van der Waals surface area (Å²) in [5.74, 6) is -0.0249. The Hall–Kier alpha value is -0.630. The van der Waals surface area contributed by atoms with Crippen LogP contribution < -0.4 is 0 Å². The molecule has 0 heterocycles. The molecule has 0 aromatic rings. The number of unbranched alkanes of at least 4 members (excludes halogenated alkanes) is 10. The summed E-state index contributed by atoms with van der Waals surface area (Å²) in [4.78, 5) is 10.9. The molecule has 0 fully saturated rings. The summed E-state index contributed by atoms with van der Waals surface area (Å²) in [5, 5.41) is 0. The molecular formula is C17H32O2. The molecule has 0 spiro atoms. The van der Waals surface area contributed by atoms with Gasteiger partial charge in [-0.3, -0.25) is 4.79 Å². The number of carbonyl (C=O) groups is 1. The molecule has 0 aromatic heterocycles. The SMILES string of the molecule is C=CC(=O)COCCCCCCCCCCCCC. The van der Waals surface area contributed by atoms with Gasteiger partial charge in [-0.2, -0.15) is 0 Å². The van der Waals surface area contributed by atoms with Crippen LogP contribution in [0, 0.1) is 0 Å². The molecule has 0 unspecified atom stereocenters. The van der Waals surface area contributed by atoms with E-state index in [1.54, 1.807) is 0 Å². The maximum absolute atomic E-state index is 10.9. The predicted octanol–water partition coefficient (Wildman–Crippen LogP) is 5.07. The van der Waals surface area contributed by atoms with Crippen molar-refractivity contribution < 1.29 is 9.53 Å². The number of carbonyl (C=O) groups excluding carboxylic acids is 1. The highest BCUT2D eigenvalue weighted by atomic mass is 16.5. The third kappa shape index (κ3) is 15.3. The topological polar surface area (TPSA) is 26.3 Å². The largest absolute Gasteiger partial charge is 0.373 e. The quantitative estimate of drug-likeness (QED) is 0.306. The number of ketones is 1. The molecule has 0 saturated heterocycles. The molecular weight excluding hydrogens is 236 g/mol. The fourth-order valence-corrected chi connectivity index (χ4v) is 2.10. The van der Waals surface area contributed by atoms with Crippen molar-refractivity contribution in [1.29, 1.82) is 0 Å². The standard InChI is InChI=1S/C17H32O2/c1-3-5-6-7-8-9-10-11-12-13-14-15-19-16-17(18)4-2/h4H,2-3,5-16H2,1H3. The van der Waals surface area contributed by atoms with Crippen LogP contribution in [0.25, 0.3) is 0 Å². The predicted molar refractivity (Wildman–Crippen MR) is 82.5 cm³/mol. The molecule has 0 saturated carbocycles. The Morgan fingerprint density at radius 1 is 0.895 bits per heavy atom. The summed E-state index contributed by atoms with van der Waals surface area (Å²) in [7, 11) is 0. The molecule has 0 aliphatic heterocycles. The van der Waals surface area contributed by atoms with Crippen LogP contribution in [-0.4, -0.2) is 19.0 Å².